The number of nitrogens with zero attached hydrogens (tertiary/aromatic N) is 1. The molecule has 2 heteroatoms. The van der Waals surface area contributed by atoms with Crippen LogP contribution in [0.2, 0.25) is 0 Å². The molecule has 1 aliphatic rings. The third-order valence-corrected chi connectivity index (χ3v) is 4.24. The molecule has 94 valence electrons. The van der Waals surface area contributed by atoms with Crippen LogP contribution in [0, 0.1) is 11.8 Å². The van der Waals surface area contributed by atoms with Gasteiger partial charge in [0, 0.05) is 18.0 Å². The lowest BCUT2D eigenvalue weighted by atomic mass is 9.85. The zero-order valence-corrected chi connectivity index (χ0v) is 10.9. The fourth-order valence-electron chi connectivity index (χ4n) is 2.94. The van der Waals surface area contributed by atoms with Crippen molar-refractivity contribution in [1.29, 1.82) is 0 Å². The van der Waals surface area contributed by atoms with E-state index in [1.165, 1.54) is 6.42 Å². The van der Waals surface area contributed by atoms with Crippen LogP contribution in [0.25, 0.3) is 0 Å². The van der Waals surface area contributed by atoms with Gasteiger partial charge >= 0.3 is 0 Å². The molecule has 1 heterocycles. The van der Waals surface area contributed by atoms with Crippen LogP contribution in [0.15, 0.2) is 24.5 Å². The van der Waals surface area contributed by atoms with Gasteiger partial charge in [-0.2, -0.15) is 0 Å². The summed E-state index contributed by atoms with van der Waals surface area (Å²) in [7, 11) is 0. The van der Waals surface area contributed by atoms with Crippen LogP contribution in [-0.4, -0.2) is 10.1 Å². The first-order chi connectivity index (χ1) is 8.12. The molecule has 0 bridgehead atoms. The third kappa shape index (κ3) is 2.86. The highest BCUT2D eigenvalue weighted by molar-refractivity contribution is 5.18. The van der Waals surface area contributed by atoms with E-state index >= 15 is 0 Å². The Morgan fingerprint density at radius 1 is 1.35 bits per heavy atom. The standard InChI is InChI=1S/C15H23NO/c1-12(2)13-5-3-8-15(17,9-7-13)14-6-4-10-16-11-14/h4,6,10-13,17H,3,5,7-9H2,1-2H3. The average Bonchev–Trinajstić information content (AvgIpc) is 2.54. The summed E-state index contributed by atoms with van der Waals surface area (Å²) in [5.74, 6) is 1.49. The molecule has 0 saturated heterocycles. The lowest BCUT2D eigenvalue weighted by Gasteiger charge is -2.27. The Morgan fingerprint density at radius 3 is 2.82 bits per heavy atom. The van der Waals surface area contributed by atoms with Crippen molar-refractivity contribution in [2.75, 3.05) is 0 Å². The van der Waals surface area contributed by atoms with E-state index in [0.717, 1.165) is 43.1 Å². The zero-order chi connectivity index (χ0) is 12.3. The molecule has 2 nitrogen and oxygen atoms in total. The van der Waals surface area contributed by atoms with E-state index in [1.807, 2.05) is 18.3 Å². The fraction of sp³-hybridized carbons (Fsp3) is 0.667. The van der Waals surface area contributed by atoms with E-state index in [4.69, 9.17) is 0 Å². The minimum atomic E-state index is -0.641. The minimum absolute atomic E-state index is 0.641. The van der Waals surface area contributed by atoms with Gasteiger partial charge < -0.3 is 5.11 Å². The Morgan fingerprint density at radius 2 is 2.18 bits per heavy atom. The summed E-state index contributed by atoms with van der Waals surface area (Å²) in [4.78, 5) is 4.13. The largest absolute Gasteiger partial charge is 0.385 e. The molecule has 0 aromatic carbocycles. The Labute approximate surface area is 104 Å². The van der Waals surface area contributed by atoms with Crippen molar-refractivity contribution in [2.45, 2.75) is 51.6 Å². The summed E-state index contributed by atoms with van der Waals surface area (Å²) in [5, 5.41) is 10.8. The number of aliphatic hydroxyl groups is 1. The number of hydrogen-bond acceptors (Lipinski definition) is 2. The first kappa shape index (κ1) is 12.6. The lowest BCUT2D eigenvalue weighted by molar-refractivity contribution is 0.0188. The van der Waals surface area contributed by atoms with Crippen LogP contribution >= 0.6 is 0 Å². The SMILES string of the molecule is CC(C)C1CCCC(O)(c2cccnc2)CC1. The van der Waals surface area contributed by atoms with E-state index in [-0.39, 0.29) is 0 Å². The molecule has 2 atom stereocenters. The number of aromatic nitrogens is 1. The molecule has 17 heavy (non-hydrogen) atoms. The summed E-state index contributed by atoms with van der Waals surface area (Å²) in [6.07, 6.45) is 8.83. The van der Waals surface area contributed by atoms with E-state index in [0.29, 0.717) is 0 Å². The highest BCUT2D eigenvalue weighted by Gasteiger charge is 2.33. The average molecular weight is 233 g/mol. The van der Waals surface area contributed by atoms with Crippen LogP contribution in [0.1, 0.15) is 51.5 Å². The van der Waals surface area contributed by atoms with Gasteiger partial charge in [-0.25, -0.2) is 0 Å². The maximum atomic E-state index is 10.8. The summed E-state index contributed by atoms with van der Waals surface area (Å²) in [5.41, 5.74) is 0.349. The second-order valence-electron chi connectivity index (χ2n) is 5.71. The van der Waals surface area contributed by atoms with Crippen molar-refractivity contribution in [3.63, 3.8) is 0 Å². The lowest BCUT2D eigenvalue weighted by Crippen LogP contribution is -2.25. The Balaban J connectivity index is 2.12. The van der Waals surface area contributed by atoms with Gasteiger partial charge in [0.1, 0.15) is 0 Å². The maximum absolute atomic E-state index is 10.8. The smallest absolute Gasteiger partial charge is 0.0911 e. The second kappa shape index (κ2) is 5.18. The Bertz CT molecular complexity index is 349. The zero-order valence-electron chi connectivity index (χ0n) is 10.9. The summed E-state index contributed by atoms with van der Waals surface area (Å²) in [6.45, 7) is 4.58. The molecule has 0 radical (unpaired) electrons. The quantitative estimate of drug-likeness (QED) is 0.793. The van der Waals surface area contributed by atoms with Crippen molar-refractivity contribution < 1.29 is 5.11 Å². The van der Waals surface area contributed by atoms with Gasteiger partial charge in [-0.3, -0.25) is 4.98 Å². The van der Waals surface area contributed by atoms with Crippen LogP contribution in [0.4, 0.5) is 0 Å². The minimum Gasteiger partial charge on any atom is -0.385 e. The van der Waals surface area contributed by atoms with Gasteiger partial charge in [-0.15, -0.1) is 0 Å². The molecule has 2 rings (SSSR count). The molecule has 1 N–H and O–H groups in total. The molecule has 1 aromatic rings. The highest BCUT2D eigenvalue weighted by atomic mass is 16.3. The number of hydrogen-bond donors (Lipinski definition) is 1. The molecular formula is C15H23NO. The second-order valence-corrected chi connectivity index (χ2v) is 5.71. The highest BCUT2D eigenvalue weighted by Crippen LogP contribution is 2.39. The third-order valence-electron chi connectivity index (χ3n) is 4.24. The molecule has 1 aromatic heterocycles. The monoisotopic (exact) mass is 233 g/mol. The molecule has 1 aliphatic carbocycles. The Kier molecular flexibility index (Phi) is 3.82. The van der Waals surface area contributed by atoms with Crippen molar-refractivity contribution in [2.24, 2.45) is 11.8 Å². The fourth-order valence-corrected chi connectivity index (χ4v) is 2.94. The molecule has 1 saturated carbocycles. The summed E-state index contributed by atoms with van der Waals surface area (Å²) in [6, 6.07) is 3.92. The van der Waals surface area contributed by atoms with Crippen molar-refractivity contribution in [3.8, 4) is 0 Å². The van der Waals surface area contributed by atoms with Crippen LogP contribution in [-0.2, 0) is 5.60 Å². The molecule has 1 fully saturated rings. The number of pyridine rings is 1. The first-order valence-corrected chi connectivity index (χ1v) is 6.75. The van der Waals surface area contributed by atoms with Crippen molar-refractivity contribution >= 4 is 0 Å². The van der Waals surface area contributed by atoms with E-state index in [9.17, 15) is 5.11 Å². The van der Waals surface area contributed by atoms with Gasteiger partial charge in [-0.1, -0.05) is 26.3 Å². The van der Waals surface area contributed by atoms with Crippen molar-refractivity contribution in [1.82, 2.24) is 4.98 Å². The van der Waals surface area contributed by atoms with Gasteiger partial charge in [0.15, 0.2) is 0 Å². The van der Waals surface area contributed by atoms with E-state index in [1.54, 1.807) is 6.20 Å². The van der Waals surface area contributed by atoms with Crippen LogP contribution in [0.3, 0.4) is 0 Å². The van der Waals surface area contributed by atoms with Gasteiger partial charge in [-0.05, 0) is 43.6 Å². The summed E-state index contributed by atoms with van der Waals surface area (Å²) < 4.78 is 0. The van der Waals surface area contributed by atoms with Crippen LogP contribution in [0.5, 0.6) is 0 Å². The van der Waals surface area contributed by atoms with Gasteiger partial charge in [0.05, 0.1) is 5.60 Å². The topological polar surface area (TPSA) is 33.1 Å². The predicted octanol–water partition coefficient (Wildman–Crippen LogP) is 3.51. The number of rotatable bonds is 2. The molecule has 0 spiro atoms. The molecular weight excluding hydrogens is 210 g/mol. The molecule has 2 unspecified atom stereocenters. The Hall–Kier alpha value is -0.890. The maximum Gasteiger partial charge on any atom is 0.0911 e. The first-order valence-electron chi connectivity index (χ1n) is 6.75. The van der Waals surface area contributed by atoms with Crippen molar-refractivity contribution in [3.05, 3.63) is 30.1 Å². The van der Waals surface area contributed by atoms with Crippen LogP contribution < -0.4 is 0 Å². The molecule has 0 amide bonds. The normalized spacial score (nSPS) is 30.2. The molecule has 0 aliphatic heterocycles. The summed E-state index contributed by atoms with van der Waals surface area (Å²) >= 11 is 0. The van der Waals surface area contributed by atoms with Gasteiger partial charge in [0.2, 0.25) is 0 Å². The predicted molar refractivity (Wildman–Crippen MR) is 69.5 cm³/mol. The van der Waals surface area contributed by atoms with E-state index in [2.05, 4.69) is 18.8 Å². The van der Waals surface area contributed by atoms with E-state index < -0.39 is 5.60 Å². The van der Waals surface area contributed by atoms with Gasteiger partial charge in [0.25, 0.3) is 0 Å².